The van der Waals surface area contributed by atoms with Gasteiger partial charge in [0.25, 0.3) is 5.91 Å². The van der Waals surface area contributed by atoms with E-state index < -0.39 is 0 Å². The highest BCUT2D eigenvalue weighted by atomic mass is 35.5. The molecular weight excluding hydrogens is 302 g/mol. The third kappa shape index (κ3) is 3.18. The lowest BCUT2D eigenvalue weighted by atomic mass is 10.1. The smallest absolute Gasteiger partial charge is 0.287 e. The SMILES string of the molecule is O=C(NCC1CCCC1O)c1ccc(-c2ccccc2Cl)o1. The van der Waals surface area contributed by atoms with Gasteiger partial charge in [0.1, 0.15) is 5.76 Å². The van der Waals surface area contributed by atoms with Crippen molar-refractivity contribution >= 4 is 17.5 Å². The molecule has 0 spiro atoms. The molecule has 1 amide bonds. The van der Waals surface area contributed by atoms with E-state index in [0.29, 0.717) is 17.3 Å². The molecule has 0 bridgehead atoms. The minimum Gasteiger partial charge on any atom is -0.451 e. The van der Waals surface area contributed by atoms with E-state index in [2.05, 4.69) is 5.32 Å². The van der Waals surface area contributed by atoms with Gasteiger partial charge in [-0.1, -0.05) is 30.2 Å². The number of nitrogens with one attached hydrogen (secondary N) is 1. The first-order valence-corrected chi connectivity index (χ1v) is 7.84. The Hall–Kier alpha value is -1.78. The lowest BCUT2D eigenvalue weighted by Gasteiger charge is -2.14. The van der Waals surface area contributed by atoms with E-state index in [0.717, 1.165) is 24.8 Å². The molecule has 22 heavy (non-hydrogen) atoms. The Balaban J connectivity index is 1.66. The molecule has 0 radical (unpaired) electrons. The van der Waals surface area contributed by atoms with Gasteiger partial charge in [-0.15, -0.1) is 0 Å². The third-order valence-corrected chi connectivity index (χ3v) is 4.44. The summed E-state index contributed by atoms with van der Waals surface area (Å²) in [5.74, 6) is 0.693. The molecule has 1 aromatic carbocycles. The summed E-state index contributed by atoms with van der Waals surface area (Å²) in [6.45, 7) is 0.474. The fraction of sp³-hybridized carbons (Fsp3) is 0.353. The van der Waals surface area contributed by atoms with Crippen LogP contribution in [0.15, 0.2) is 40.8 Å². The molecule has 1 saturated carbocycles. The quantitative estimate of drug-likeness (QED) is 0.906. The van der Waals surface area contributed by atoms with Gasteiger partial charge in [0, 0.05) is 18.0 Å². The molecule has 1 aliphatic carbocycles. The number of amides is 1. The Bertz CT molecular complexity index is 667. The number of aliphatic hydroxyl groups is 1. The topological polar surface area (TPSA) is 62.5 Å². The van der Waals surface area contributed by atoms with Gasteiger partial charge in [0.15, 0.2) is 5.76 Å². The molecule has 0 saturated heterocycles. The molecule has 2 N–H and O–H groups in total. The van der Waals surface area contributed by atoms with Crippen LogP contribution in [0.1, 0.15) is 29.8 Å². The van der Waals surface area contributed by atoms with Gasteiger partial charge < -0.3 is 14.8 Å². The van der Waals surface area contributed by atoms with Crippen molar-refractivity contribution in [1.29, 1.82) is 0 Å². The molecule has 4 nitrogen and oxygen atoms in total. The second kappa shape index (κ2) is 6.55. The van der Waals surface area contributed by atoms with Gasteiger partial charge in [-0.05, 0) is 37.1 Å². The molecule has 1 heterocycles. The lowest BCUT2D eigenvalue weighted by Crippen LogP contribution is -2.32. The van der Waals surface area contributed by atoms with Gasteiger partial charge in [0.05, 0.1) is 11.1 Å². The summed E-state index contributed by atoms with van der Waals surface area (Å²) >= 11 is 6.12. The summed E-state index contributed by atoms with van der Waals surface area (Å²) in [6.07, 6.45) is 2.47. The summed E-state index contributed by atoms with van der Waals surface area (Å²) < 4.78 is 5.60. The first kappa shape index (κ1) is 15.1. The van der Waals surface area contributed by atoms with Crippen molar-refractivity contribution in [1.82, 2.24) is 5.32 Å². The zero-order chi connectivity index (χ0) is 15.5. The lowest BCUT2D eigenvalue weighted by molar-refractivity contribution is 0.0891. The molecule has 5 heteroatoms. The minimum atomic E-state index is -0.310. The number of carbonyl (C=O) groups excluding carboxylic acids is 1. The zero-order valence-corrected chi connectivity index (χ0v) is 12.8. The van der Waals surface area contributed by atoms with Crippen LogP contribution in [0, 0.1) is 5.92 Å². The molecule has 2 atom stereocenters. The predicted molar refractivity (Wildman–Crippen MR) is 84.8 cm³/mol. The average molecular weight is 320 g/mol. The van der Waals surface area contributed by atoms with E-state index in [-0.39, 0.29) is 23.7 Å². The van der Waals surface area contributed by atoms with Crippen molar-refractivity contribution < 1.29 is 14.3 Å². The fourth-order valence-electron chi connectivity index (χ4n) is 2.83. The summed E-state index contributed by atoms with van der Waals surface area (Å²) in [7, 11) is 0. The van der Waals surface area contributed by atoms with Crippen LogP contribution in [0.25, 0.3) is 11.3 Å². The van der Waals surface area contributed by atoms with Crippen LogP contribution in [-0.2, 0) is 0 Å². The monoisotopic (exact) mass is 319 g/mol. The van der Waals surface area contributed by atoms with Crippen molar-refractivity contribution in [2.24, 2.45) is 5.92 Å². The summed E-state index contributed by atoms with van der Waals surface area (Å²) in [5, 5.41) is 13.2. The highest BCUT2D eigenvalue weighted by Crippen LogP contribution is 2.29. The average Bonchev–Trinajstić information content (AvgIpc) is 3.14. The van der Waals surface area contributed by atoms with Gasteiger partial charge >= 0.3 is 0 Å². The molecule has 1 fully saturated rings. The van der Waals surface area contributed by atoms with Crippen LogP contribution < -0.4 is 5.32 Å². The fourth-order valence-corrected chi connectivity index (χ4v) is 3.06. The van der Waals surface area contributed by atoms with E-state index in [1.165, 1.54) is 0 Å². The van der Waals surface area contributed by atoms with E-state index in [4.69, 9.17) is 16.0 Å². The standard InChI is InChI=1S/C17H18ClNO3/c18-13-6-2-1-5-12(13)15-8-9-16(22-15)17(21)19-10-11-4-3-7-14(11)20/h1-2,5-6,8-9,11,14,20H,3-4,7,10H2,(H,19,21). The summed E-state index contributed by atoms with van der Waals surface area (Å²) in [6, 6.07) is 10.7. The maximum absolute atomic E-state index is 12.1. The Morgan fingerprint density at radius 3 is 2.82 bits per heavy atom. The van der Waals surface area contributed by atoms with Crippen LogP contribution in [0.5, 0.6) is 0 Å². The Morgan fingerprint density at radius 2 is 2.09 bits per heavy atom. The highest BCUT2D eigenvalue weighted by molar-refractivity contribution is 6.33. The van der Waals surface area contributed by atoms with Crippen LogP contribution in [-0.4, -0.2) is 23.7 Å². The number of benzene rings is 1. The second-order valence-corrected chi connectivity index (χ2v) is 6.02. The number of aliphatic hydroxyl groups excluding tert-OH is 1. The molecule has 0 aliphatic heterocycles. The molecule has 1 aliphatic rings. The molecule has 2 aromatic rings. The zero-order valence-electron chi connectivity index (χ0n) is 12.1. The normalized spacial score (nSPS) is 21.0. The van der Waals surface area contributed by atoms with Crippen LogP contribution >= 0.6 is 11.6 Å². The van der Waals surface area contributed by atoms with E-state index in [9.17, 15) is 9.90 Å². The summed E-state index contributed by atoms with van der Waals surface area (Å²) in [5.41, 5.74) is 0.759. The molecular formula is C17H18ClNO3. The highest BCUT2D eigenvalue weighted by Gasteiger charge is 2.25. The second-order valence-electron chi connectivity index (χ2n) is 5.61. The molecule has 1 aromatic heterocycles. The number of hydrogen-bond donors (Lipinski definition) is 2. The van der Waals surface area contributed by atoms with Gasteiger partial charge in [-0.25, -0.2) is 0 Å². The first-order valence-electron chi connectivity index (χ1n) is 7.46. The van der Waals surface area contributed by atoms with Crippen LogP contribution in [0.4, 0.5) is 0 Å². The van der Waals surface area contributed by atoms with Gasteiger partial charge in [-0.2, -0.15) is 0 Å². The van der Waals surface area contributed by atoms with Gasteiger partial charge in [-0.3, -0.25) is 4.79 Å². The van der Waals surface area contributed by atoms with E-state index in [1.54, 1.807) is 18.2 Å². The summed E-state index contributed by atoms with van der Waals surface area (Å²) in [4.78, 5) is 12.1. The number of rotatable bonds is 4. The Kier molecular flexibility index (Phi) is 4.50. The van der Waals surface area contributed by atoms with Crippen molar-refractivity contribution in [3.8, 4) is 11.3 Å². The Labute approximate surface area is 134 Å². The van der Waals surface area contributed by atoms with Crippen LogP contribution in [0.3, 0.4) is 0 Å². The molecule has 3 rings (SSSR count). The van der Waals surface area contributed by atoms with Gasteiger partial charge in [0.2, 0.25) is 0 Å². The van der Waals surface area contributed by atoms with Crippen molar-refractivity contribution in [2.75, 3.05) is 6.54 Å². The number of halogens is 1. The minimum absolute atomic E-state index is 0.141. The number of carbonyl (C=O) groups is 1. The molecule has 2 unspecified atom stereocenters. The van der Waals surface area contributed by atoms with E-state index in [1.807, 2.05) is 18.2 Å². The largest absolute Gasteiger partial charge is 0.451 e. The Morgan fingerprint density at radius 1 is 1.27 bits per heavy atom. The predicted octanol–water partition coefficient (Wildman–Crippen LogP) is 3.49. The number of furan rings is 1. The van der Waals surface area contributed by atoms with E-state index >= 15 is 0 Å². The van der Waals surface area contributed by atoms with Crippen LogP contribution in [0.2, 0.25) is 5.02 Å². The van der Waals surface area contributed by atoms with Crippen molar-refractivity contribution in [3.63, 3.8) is 0 Å². The van der Waals surface area contributed by atoms with Crippen molar-refractivity contribution in [3.05, 3.63) is 47.2 Å². The van der Waals surface area contributed by atoms with Crippen molar-refractivity contribution in [2.45, 2.75) is 25.4 Å². The number of hydrogen-bond acceptors (Lipinski definition) is 3. The molecule has 116 valence electrons. The maximum atomic E-state index is 12.1. The third-order valence-electron chi connectivity index (χ3n) is 4.11. The maximum Gasteiger partial charge on any atom is 0.287 e. The first-order chi connectivity index (χ1) is 10.6.